The second kappa shape index (κ2) is 8.15. The first kappa shape index (κ1) is 16.8. The van der Waals surface area contributed by atoms with Gasteiger partial charge in [-0.2, -0.15) is 0 Å². The van der Waals surface area contributed by atoms with Crippen LogP contribution in [0.15, 0.2) is 91.0 Å². The summed E-state index contributed by atoms with van der Waals surface area (Å²) in [6, 6.07) is 29.4. The van der Waals surface area contributed by atoms with E-state index in [0.717, 1.165) is 16.8 Å². The highest BCUT2D eigenvalue weighted by Crippen LogP contribution is 2.35. The Morgan fingerprint density at radius 2 is 1.24 bits per heavy atom. The average Bonchev–Trinajstić information content (AvgIpc) is 2.69. The Morgan fingerprint density at radius 1 is 0.760 bits per heavy atom. The number of nitrogens with one attached hydrogen (secondary N) is 1. The molecule has 2 unspecified atom stereocenters. The summed E-state index contributed by atoms with van der Waals surface area (Å²) in [6.45, 7) is 0. The fraction of sp³-hybridized carbons (Fsp3) is 0.136. The highest BCUT2D eigenvalue weighted by Gasteiger charge is 2.32. The van der Waals surface area contributed by atoms with Crippen LogP contribution >= 0.6 is 0 Å². The van der Waals surface area contributed by atoms with E-state index in [1.54, 1.807) is 0 Å². The molecule has 0 amide bonds. The van der Waals surface area contributed by atoms with E-state index >= 15 is 0 Å². The van der Waals surface area contributed by atoms with Gasteiger partial charge in [-0.05, 0) is 23.3 Å². The van der Waals surface area contributed by atoms with Crippen LogP contribution in [-0.4, -0.2) is 13.1 Å². The summed E-state index contributed by atoms with van der Waals surface area (Å²) in [5, 5.41) is 3.51. The lowest BCUT2D eigenvalue weighted by Gasteiger charge is -2.28. The van der Waals surface area contributed by atoms with E-state index in [1.807, 2.05) is 91.0 Å². The molecule has 0 bridgehead atoms. The molecule has 3 nitrogen and oxygen atoms in total. The fourth-order valence-corrected chi connectivity index (χ4v) is 2.99. The molecule has 126 valence electrons. The minimum Gasteiger partial charge on any atom is -0.468 e. The molecule has 0 aromatic heterocycles. The lowest BCUT2D eigenvalue weighted by Crippen LogP contribution is -2.27. The Bertz CT molecular complexity index is 788. The van der Waals surface area contributed by atoms with Crippen LogP contribution in [-0.2, 0) is 9.53 Å². The summed E-state index contributed by atoms with van der Waals surface area (Å²) >= 11 is 0. The summed E-state index contributed by atoms with van der Waals surface area (Å²) in [5.74, 6) is -0.711. The Kier molecular flexibility index (Phi) is 5.47. The second-order valence-electron chi connectivity index (χ2n) is 5.81. The van der Waals surface area contributed by atoms with Crippen molar-refractivity contribution in [1.82, 2.24) is 0 Å². The van der Waals surface area contributed by atoms with Gasteiger partial charge in [0.2, 0.25) is 0 Å². The number of esters is 1. The van der Waals surface area contributed by atoms with Crippen LogP contribution in [0, 0.1) is 0 Å². The van der Waals surface area contributed by atoms with E-state index in [0.29, 0.717) is 0 Å². The van der Waals surface area contributed by atoms with Crippen molar-refractivity contribution >= 4 is 11.7 Å². The number of ether oxygens (including phenoxy) is 1. The van der Waals surface area contributed by atoms with Crippen LogP contribution in [0.1, 0.15) is 23.1 Å². The van der Waals surface area contributed by atoms with E-state index in [9.17, 15) is 4.79 Å². The maximum Gasteiger partial charge on any atom is 0.315 e. The number of anilines is 1. The zero-order valence-corrected chi connectivity index (χ0v) is 14.1. The van der Waals surface area contributed by atoms with Crippen LogP contribution in [0.25, 0.3) is 0 Å². The van der Waals surface area contributed by atoms with Crippen LogP contribution in [0.5, 0.6) is 0 Å². The third-order valence-electron chi connectivity index (χ3n) is 4.20. The molecule has 0 fully saturated rings. The van der Waals surface area contributed by atoms with E-state index in [1.165, 1.54) is 7.11 Å². The van der Waals surface area contributed by atoms with E-state index in [2.05, 4.69) is 5.32 Å². The van der Waals surface area contributed by atoms with Crippen molar-refractivity contribution in [3.63, 3.8) is 0 Å². The van der Waals surface area contributed by atoms with Gasteiger partial charge in [-0.3, -0.25) is 4.79 Å². The highest BCUT2D eigenvalue weighted by molar-refractivity contribution is 5.80. The Hall–Kier alpha value is -3.07. The lowest BCUT2D eigenvalue weighted by molar-refractivity contribution is -0.142. The monoisotopic (exact) mass is 331 g/mol. The molecule has 0 saturated carbocycles. The molecule has 0 saturated heterocycles. The van der Waals surface area contributed by atoms with Crippen molar-refractivity contribution in [2.75, 3.05) is 12.4 Å². The van der Waals surface area contributed by atoms with Gasteiger partial charge in [-0.1, -0.05) is 78.9 Å². The molecule has 3 rings (SSSR count). The van der Waals surface area contributed by atoms with Crippen molar-refractivity contribution in [3.05, 3.63) is 102 Å². The lowest BCUT2D eigenvalue weighted by atomic mass is 9.86. The quantitative estimate of drug-likeness (QED) is 0.660. The topological polar surface area (TPSA) is 38.3 Å². The van der Waals surface area contributed by atoms with Crippen LogP contribution in [0.3, 0.4) is 0 Å². The van der Waals surface area contributed by atoms with Gasteiger partial charge in [0.1, 0.15) is 5.92 Å². The maximum absolute atomic E-state index is 12.7. The molecular formula is C22H21NO2. The molecular weight excluding hydrogens is 310 g/mol. The first-order chi connectivity index (χ1) is 12.3. The largest absolute Gasteiger partial charge is 0.468 e. The molecule has 0 heterocycles. The van der Waals surface area contributed by atoms with Gasteiger partial charge < -0.3 is 10.1 Å². The van der Waals surface area contributed by atoms with E-state index in [-0.39, 0.29) is 12.0 Å². The molecule has 3 heteroatoms. The molecule has 0 spiro atoms. The number of hydrogen-bond donors (Lipinski definition) is 1. The van der Waals surface area contributed by atoms with Gasteiger partial charge >= 0.3 is 5.97 Å². The molecule has 0 aliphatic heterocycles. The number of hydrogen-bond acceptors (Lipinski definition) is 3. The second-order valence-corrected chi connectivity index (χ2v) is 5.81. The van der Waals surface area contributed by atoms with Crippen molar-refractivity contribution in [2.45, 2.75) is 12.0 Å². The zero-order chi connectivity index (χ0) is 17.5. The first-order valence-electron chi connectivity index (χ1n) is 8.29. The standard InChI is InChI=1S/C22H21NO2/c1-25-22(24)20(17-11-5-2-6-12-17)21(18-13-7-3-8-14-18)23-19-15-9-4-10-16-19/h2-16,20-21,23H,1H3. The molecule has 0 radical (unpaired) electrons. The Labute approximate surface area is 148 Å². The first-order valence-corrected chi connectivity index (χ1v) is 8.29. The molecule has 3 aromatic carbocycles. The van der Waals surface area contributed by atoms with Crippen molar-refractivity contribution in [1.29, 1.82) is 0 Å². The average molecular weight is 331 g/mol. The van der Waals surface area contributed by atoms with Crippen molar-refractivity contribution < 1.29 is 9.53 Å². The number of carbonyl (C=O) groups is 1. The predicted octanol–water partition coefficient (Wildman–Crippen LogP) is 4.80. The van der Waals surface area contributed by atoms with Crippen LogP contribution in [0.4, 0.5) is 5.69 Å². The summed E-state index contributed by atoms with van der Waals surface area (Å²) in [5.41, 5.74) is 2.92. The predicted molar refractivity (Wildman–Crippen MR) is 100 cm³/mol. The summed E-state index contributed by atoms with van der Waals surface area (Å²) in [4.78, 5) is 12.7. The third kappa shape index (κ3) is 4.07. The van der Waals surface area contributed by atoms with Gasteiger partial charge in [0.05, 0.1) is 13.2 Å². The van der Waals surface area contributed by atoms with Crippen molar-refractivity contribution in [2.24, 2.45) is 0 Å². The third-order valence-corrected chi connectivity index (χ3v) is 4.20. The number of methoxy groups -OCH3 is 1. The maximum atomic E-state index is 12.7. The number of rotatable bonds is 6. The Morgan fingerprint density at radius 3 is 1.76 bits per heavy atom. The number of carbonyl (C=O) groups excluding carboxylic acids is 1. The number of para-hydroxylation sites is 1. The molecule has 2 atom stereocenters. The molecule has 0 aliphatic carbocycles. The molecule has 1 N–H and O–H groups in total. The smallest absolute Gasteiger partial charge is 0.315 e. The Balaban J connectivity index is 2.05. The zero-order valence-electron chi connectivity index (χ0n) is 14.1. The minimum atomic E-state index is -0.450. The van der Waals surface area contributed by atoms with E-state index < -0.39 is 5.92 Å². The van der Waals surface area contributed by atoms with E-state index in [4.69, 9.17) is 4.74 Å². The normalized spacial score (nSPS) is 12.8. The van der Waals surface area contributed by atoms with Crippen LogP contribution < -0.4 is 5.32 Å². The van der Waals surface area contributed by atoms with Gasteiger partial charge in [0.15, 0.2) is 0 Å². The SMILES string of the molecule is COC(=O)C(c1ccccc1)C(Nc1ccccc1)c1ccccc1. The van der Waals surface area contributed by atoms with Gasteiger partial charge in [-0.15, -0.1) is 0 Å². The van der Waals surface area contributed by atoms with Crippen molar-refractivity contribution in [3.8, 4) is 0 Å². The van der Waals surface area contributed by atoms with Gasteiger partial charge in [0, 0.05) is 5.69 Å². The summed E-state index contributed by atoms with van der Waals surface area (Å²) < 4.78 is 5.13. The minimum absolute atomic E-state index is 0.238. The highest BCUT2D eigenvalue weighted by atomic mass is 16.5. The van der Waals surface area contributed by atoms with Crippen LogP contribution in [0.2, 0.25) is 0 Å². The van der Waals surface area contributed by atoms with Gasteiger partial charge in [0.25, 0.3) is 0 Å². The number of benzene rings is 3. The summed E-state index contributed by atoms with van der Waals surface area (Å²) in [6.07, 6.45) is 0. The summed E-state index contributed by atoms with van der Waals surface area (Å²) in [7, 11) is 1.43. The fourth-order valence-electron chi connectivity index (χ4n) is 2.99. The van der Waals surface area contributed by atoms with Gasteiger partial charge in [-0.25, -0.2) is 0 Å². The molecule has 25 heavy (non-hydrogen) atoms. The molecule has 3 aromatic rings. The molecule has 0 aliphatic rings.